The predicted molar refractivity (Wildman–Crippen MR) is 64.4 cm³/mol. The highest BCUT2D eigenvalue weighted by atomic mass is 32.2. The molecule has 0 radical (unpaired) electrons. The molecule has 80 valence electrons. The van der Waals surface area contributed by atoms with E-state index in [2.05, 4.69) is 15.4 Å². The van der Waals surface area contributed by atoms with Gasteiger partial charge >= 0.3 is 0 Å². The number of rotatable bonds is 4. The summed E-state index contributed by atoms with van der Waals surface area (Å²) in [6, 6.07) is 1.95. The number of nitrogens with one attached hydrogen (secondary N) is 1. The molecule has 0 unspecified atom stereocenters. The van der Waals surface area contributed by atoms with Crippen molar-refractivity contribution in [1.29, 1.82) is 0 Å². The van der Waals surface area contributed by atoms with Gasteiger partial charge in [0.25, 0.3) is 0 Å². The third-order valence-electron chi connectivity index (χ3n) is 1.86. The fourth-order valence-corrected chi connectivity index (χ4v) is 2.54. The Balaban J connectivity index is 1.93. The second kappa shape index (κ2) is 4.67. The zero-order valence-corrected chi connectivity index (χ0v) is 10.2. The van der Waals surface area contributed by atoms with Crippen LogP contribution in [0.4, 0.5) is 5.82 Å². The van der Waals surface area contributed by atoms with E-state index in [9.17, 15) is 0 Å². The number of hydrogen-bond donors (Lipinski definition) is 1. The summed E-state index contributed by atoms with van der Waals surface area (Å²) in [6.45, 7) is 0.787. The Kier molecular flexibility index (Phi) is 3.27. The van der Waals surface area contributed by atoms with Crippen molar-refractivity contribution in [2.45, 2.75) is 10.9 Å². The molecule has 2 aromatic heterocycles. The summed E-state index contributed by atoms with van der Waals surface area (Å²) >= 11 is 3.39. The van der Waals surface area contributed by atoms with Gasteiger partial charge in [0.05, 0.1) is 6.54 Å². The van der Waals surface area contributed by atoms with Gasteiger partial charge in [-0.1, -0.05) is 11.8 Å². The Hall–Kier alpha value is -1.01. The smallest absolute Gasteiger partial charge is 0.149 e. The summed E-state index contributed by atoms with van der Waals surface area (Å²) in [5, 5.41) is 7.49. The van der Waals surface area contributed by atoms with Crippen LogP contribution in [0.2, 0.25) is 0 Å². The maximum absolute atomic E-state index is 4.27. The summed E-state index contributed by atoms with van der Waals surface area (Å²) in [5.74, 6) is 0.900. The van der Waals surface area contributed by atoms with Gasteiger partial charge in [0, 0.05) is 30.4 Å². The minimum Gasteiger partial charge on any atom is -0.364 e. The molecule has 0 bridgehead atoms. The van der Waals surface area contributed by atoms with Gasteiger partial charge in [-0.15, -0.1) is 11.3 Å². The first-order valence-electron chi connectivity index (χ1n) is 4.50. The lowest BCUT2D eigenvalue weighted by Crippen LogP contribution is -1.98. The normalized spacial score (nSPS) is 10.5. The Labute approximate surface area is 96.7 Å². The monoisotopic (exact) mass is 240 g/mol. The highest BCUT2D eigenvalue weighted by Crippen LogP contribution is 2.22. The second-order valence-corrected chi connectivity index (χ2v) is 5.19. The van der Waals surface area contributed by atoms with Gasteiger partial charge in [0.2, 0.25) is 0 Å². The van der Waals surface area contributed by atoms with Crippen LogP contribution in [0, 0.1) is 0 Å². The van der Waals surface area contributed by atoms with Gasteiger partial charge in [0.15, 0.2) is 0 Å². The van der Waals surface area contributed by atoms with Crippen LogP contribution in [0.25, 0.3) is 0 Å². The van der Waals surface area contributed by atoms with Crippen LogP contribution in [0.3, 0.4) is 0 Å². The highest BCUT2D eigenvalue weighted by molar-refractivity contribution is 8.00. The van der Waals surface area contributed by atoms with Crippen molar-refractivity contribution >= 4 is 28.9 Å². The Morgan fingerprint density at radius 3 is 3.07 bits per heavy atom. The van der Waals surface area contributed by atoms with Gasteiger partial charge in [-0.25, -0.2) is 4.98 Å². The number of nitrogens with zero attached hydrogens (tertiary/aromatic N) is 3. The largest absolute Gasteiger partial charge is 0.364 e. The predicted octanol–water partition coefficient (Wildman–Crippen LogP) is 2.21. The van der Waals surface area contributed by atoms with Crippen LogP contribution in [-0.4, -0.2) is 21.0 Å². The third-order valence-corrected chi connectivity index (χ3v) is 3.86. The lowest BCUT2D eigenvalue weighted by molar-refractivity contribution is 0.768. The van der Waals surface area contributed by atoms with E-state index in [1.807, 2.05) is 31.8 Å². The molecular weight excluding hydrogens is 228 g/mol. The van der Waals surface area contributed by atoms with Gasteiger partial charge in [0.1, 0.15) is 10.2 Å². The van der Waals surface area contributed by atoms with E-state index in [4.69, 9.17) is 0 Å². The molecule has 0 spiro atoms. The number of aryl methyl sites for hydroxylation is 1. The van der Waals surface area contributed by atoms with Gasteiger partial charge in [-0.2, -0.15) is 5.10 Å². The van der Waals surface area contributed by atoms with E-state index in [1.54, 1.807) is 27.8 Å². The van der Waals surface area contributed by atoms with Crippen LogP contribution in [0.5, 0.6) is 0 Å². The van der Waals surface area contributed by atoms with Crippen molar-refractivity contribution in [3.63, 3.8) is 0 Å². The molecule has 0 fully saturated rings. The number of aromatic nitrogens is 3. The zero-order chi connectivity index (χ0) is 10.7. The first-order valence-corrected chi connectivity index (χ1v) is 6.54. The lowest BCUT2D eigenvalue weighted by Gasteiger charge is -1.98. The molecule has 4 nitrogen and oxygen atoms in total. The van der Waals surface area contributed by atoms with Crippen molar-refractivity contribution in [3.05, 3.63) is 23.3 Å². The van der Waals surface area contributed by atoms with E-state index < -0.39 is 0 Å². The quantitative estimate of drug-likeness (QED) is 0.832. The highest BCUT2D eigenvalue weighted by Gasteiger charge is 2.01. The molecule has 2 heterocycles. The fraction of sp³-hybridized carbons (Fsp3) is 0.333. The van der Waals surface area contributed by atoms with Crippen molar-refractivity contribution in [2.24, 2.45) is 7.05 Å². The molecule has 1 N–H and O–H groups in total. The average Bonchev–Trinajstić information content (AvgIpc) is 2.83. The first kappa shape index (κ1) is 10.5. The molecule has 2 rings (SSSR count). The summed E-state index contributed by atoms with van der Waals surface area (Å²) in [7, 11) is 1.91. The minimum absolute atomic E-state index is 0.787. The molecular formula is C9H12N4S2. The SMILES string of the molecule is CSc1ncc(CNc2ccn(C)n2)s1. The molecule has 0 amide bonds. The molecule has 2 aromatic rings. The van der Waals surface area contributed by atoms with Crippen molar-refractivity contribution in [2.75, 3.05) is 11.6 Å². The molecule has 0 aromatic carbocycles. The first-order chi connectivity index (χ1) is 7.28. The van der Waals surface area contributed by atoms with E-state index in [-0.39, 0.29) is 0 Å². The van der Waals surface area contributed by atoms with E-state index in [0.717, 1.165) is 16.7 Å². The molecule has 0 aliphatic rings. The minimum atomic E-state index is 0.787. The van der Waals surface area contributed by atoms with Crippen molar-refractivity contribution < 1.29 is 0 Å². The van der Waals surface area contributed by atoms with Gasteiger partial charge < -0.3 is 5.32 Å². The summed E-state index contributed by atoms with van der Waals surface area (Å²) in [4.78, 5) is 5.49. The summed E-state index contributed by atoms with van der Waals surface area (Å²) in [6.07, 6.45) is 5.86. The van der Waals surface area contributed by atoms with E-state index in [1.165, 1.54) is 4.88 Å². The Morgan fingerprint density at radius 1 is 1.60 bits per heavy atom. The zero-order valence-electron chi connectivity index (χ0n) is 8.60. The topological polar surface area (TPSA) is 42.7 Å². The van der Waals surface area contributed by atoms with Gasteiger partial charge in [-0.05, 0) is 6.26 Å². The van der Waals surface area contributed by atoms with Crippen LogP contribution in [-0.2, 0) is 13.6 Å². The Bertz CT molecular complexity index is 435. The van der Waals surface area contributed by atoms with Crippen LogP contribution >= 0.6 is 23.1 Å². The van der Waals surface area contributed by atoms with Crippen molar-refractivity contribution in [3.8, 4) is 0 Å². The molecule has 6 heteroatoms. The molecule has 15 heavy (non-hydrogen) atoms. The molecule has 0 aliphatic heterocycles. The number of anilines is 1. The molecule has 0 aliphatic carbocycles. The second-order valence-electron chi connectivity index (χ2n) is 3.02. The van der Waals surface area contributed by atoms with Crippen LogP contribution in [0.1, 0.15) is 4.88 Å². The van der Waals surface area contributed by atoms with Crippen molar-refractivity contribution in [1.82, 2.24) is 14.8 Å². The summed E-state index contributed by atoms with van der Waals surface area (Å²) < 4.78 is 2.88. The third kappa shape index (κ3) is 2.73. The van der Waals surface area contributed by atoms with Crippen LogP contribution < -0.4 is 5.32 Å². The molecule has 0 saturated heterocycles. The maximum Gasteiger partial charge on any atom is 0.149 e. The molecule has 0 saturated carbocycles. The number of thioether (sulfide) groups is 1. The average molecular weight is 240 g/mol. The standard InChI is InChI=1S/C9H12N4S2/c1-13-4-3-8(12-13)10-5-7-6-11-9(14-2)15-7/h3-4,6H,5H2,1-2H3,(H,10,12). The van der Waals surface area contributed by atoms with E-state index >= 15 is 0 Å². The molecule has 0 atom stereocenters. The lowest BCUT2D eigenvalue weighted by atomic mass is 10.5. The Morgan fingerprint density at radius 2 is 2.47 bits per heavy atom. The van der Waals surface area contributed by atoms with E-state index in [0.29, 0.717) is 0 Å². The maximum atomic E-state index is 4.27. The fourth-order valence-electron chi connectivity index (χ4n) is 1.15. The number of thiazole rings is 1. The summed E-state index contributed by atoms with van der Waals surface area (Å²) in [5.41, 5.74) is 0. The van der Waals surface area contributed by atoms with Gasteiger partial charge in [-0.3, -0.25) is 4.68 Å². The number of hydrogen-bond acceptors (Lipinski definition) is 5. The van der Waals surface area contributed by atoms with Crippen LogP contribution in [0.15, 0.2) is 22.8 Å².